The van der Waals surface area contributed by atoms with Gasteiger partial charge in [-0.25, -0.2) is 13.2 Å². The molecule has 0 bridgehead atoms. The Kier molecular flexibility index (Phi) is 3.66. The minimum absolute atomic E-state index is 0.0275. The van der Waals surface area contributed by atoms with E-state index in [1.807, 2.05) is 0 Å². The summed E-state index contributed by atoms with van der Waals surface area (Å²) in [6.45, 7) is 1.65. The third-order valence-electron chi connectivity index (χ3n) is 3.73. The molecule has 106 valence electrons. The van der Waals surface area contributed by atoms with Gasteiger partial charge in [0.1, 0.15) is 15.4 Å². The van der Waals surface area contributed by atoms with Gasteiger partial charge in [-0.1, -0.05) is 6.42 Å². The SMILES string of the molecule is Cc1nn(C2CCCC(S(C)(=O)=O)C2)cc1C(=O)O. The third kappa shape index (κ3) is 2.97. The van der Waals surface area contributed by atoms with Gasteiger partial charge >= 0.3 is 5.97 Å². The van der Waals surface area contributed by atoms with Crippen LogP contribution in [0, 0.1) is 6.92 Å². The number of carboxylic acids is 1. The first-order chi connectivity index (χ1) is 8.79. The normalized spacial score (nSPS) is 24.3. The lowest BCUT2D eigenvalue weighted by atomic mass is 9.95. The number of hydrogen-bond donors (Lipinski definition) is 1. The summed E-state index contributed by atoms with van der Waals surface area (Å²) in [5, 5.41) is 12.9. The number of aromatic carboxylic acids is 1. The molecule has 1 aromatic heterocycles. The number of sulfone groups is 1. The van der Waals surface area contributed by atoms with Crippen LogP contribution in [-0.2, 0) is 9.84 Å². The molecule has 0 radical (unpaired) electrons. The van der Waals surface area contributed by atoms with E-state index >= 15 is 0 Å². The maximum absolute atomic E-state index is 11.6. The summed E-state index contributed by atoms with van der Waals surface area (Å²) in [6, 6.07) is -0.0275. The van der Waals surface area contributed by atoms with Gasteiger partial charge in [-0.05, 0) is 26.2 Å². The minimum atomic E-state index is -3.04. The van der Waals surface area contributed by atoms with E-state index in [1.54, 1.807) is 11.6 Å². The Hall–Kier alpha value is -1.37. The van der Waals surface area contributed by atoms with Crippen molar-refractivity contribution in [3.05, 3.63) is 17.5 Å². The van der Waals surface area contributed by atoms with Crippen LogP contribution in [0.5, 0.6) is 0 Å². The van der Waals surface area contributed by atoms with Crippen molar-refractivity contribution in [2.24, 2.45) is 0 Å². The molecule has 6 nitrogen and oxygen atoms in total. The monoisotopic (exact) mass is 286 g/mol. The van der Waals surface area contributed by atoms with Crippen molar-refractivity contribution in [2.75, 3.05) is 6.26 Å². The van der Waals surface area contributed by atoms with Gasteiger partial charge in [0.25, 0.3) is 0 Å². The highest BCUT2D eigenvalue weighted by Gasteiger charge is 2.30. The van der Waals surface area contributed by atoms with E-state index in [-0.39, 0.29) is 16.9 Å². The molecule has 1 fully saturated rings. The predicted molar refractivity (Wildman–Crippen MR) is 70.1 cm³/mol. The number of carbonyl (C=O) groups is 1. The van der Waals surface area contributed by atoms with Crippen molar-refractivity contribution in [1.82, 2.24) is 9.78 Å². The van der Waals surface area contributed by atoms with Crippen molar-refractivity contribution >= 4 is 15.8 Å². The Balaban J connectivity index is 2.22. The Morgan fingerprint density at radius 3 is 2.68 bits per heavy atom. The van der Waals surface area contributed by atoms with Crippen LogP contribution >= 0.6 is 0 Å². The quantitative estimate of drug-likeness (QED) is 0.907. The number of carboxylic acid groups (broad SMARTS) is 1. The molecule has 2 rings (SSSR count). The highest BCUT2D eigenvalue weighted by Crippen LogP contribution is 2.32. The lowest BCUT2D eigenvalue weighted by Crippen LogP contribution is -2.29. The van der Waals surface area contributed by atoms with Crippen LogP contribution in [-0.4, -0.2) is 40.8 Å². The Morgan fingerprint density at radius 2 is 2.16 bits per heavy atom. The van der Waals surface area contributed by atoms with Crippen molar-refractivity contribution < 1.29 is 18.3 Å². The fraction of sp³-hybridized carbons (Fsp3) is 0.667. The standard InChI is InChI=1S/C12H18N2O4S/c1-8-11(12(15)16)7-14(13-8)9-4-3-5-10(6-9)19(2,17)18/h7,9-10H,3-6H2,1-2H3,(H,15,16). The maximum Gasteiger partial charge on any atom is 0.339 e. The number of aryl methyl sites for hydroxylation is 1. The van der Waals surface area contributed by atoms with Gasteiger partial charge < -0.3 is 5.11 Å². The van der Waals surface area contributed by atoms with Crippen LogP contribution in [0.2, 0.25) is 0 Å². The molecule has 1 N–H and O–H groups in total. The Labute approximate surface area is 112 Å². The van der Waals surface area contributed by atoms with Gasteiger partial charge in [-0.3, -0.25) is 4.68 Å². The van der Waals surface area contributed by atoms with Crippen molar-refractivity contribution in [3.8, 4) is 0 Å². The Morgan fingerprint density at radius 1 is 1.47 bits per heavy atom. The molecule has 1 saturated carbocycles. The van der Waals surface area contributed by atoms with Gasteiger partial charge in [0.15, 0.2) is 0 Å². The lowest BCUT2D eigenvalue weighted by molar-refractivity contribution is 0.0696. The van der Waals surface area contributed by atoms with Crippen molar-refractivity contribution in [1.29, 1.82) is 0 Å². The second-order valence-electron chi connectivity index (χ2n) is 5.19. The molecule has 1 aliphatic rings. The molecule has 0 spiro atoms. The van der Waals surface area contributed by atoms with Crippen molar-refractivity contribution in [3.63, 3.8) is 0 Å². The molecule has 0 aliphatic heterocycles. The zero-order valence-electron chi connectivity index (χ0n) is 11.0. The minimum Gasteiger partial charge on any atom is -0.478 e. The molecule has 2 unspecified atom stereocenters. The highest BCUT2D eigenvalue weighted by molar-refractivity contribution is 7.91. The van der Waals surface area contributed by atoms with E-state index in [1.165, 1.54) is 12.5 Å². The van der Waals surface area contributed by atoms with Gasteiger partial charge in [0.05, 0.1) is 17.0 Å². The van der Waals surface area contributed by atoms with E-state index in [0.717, 1.165) is 12.8 Å². The number of aromatic nitrogens is 2. The van der Waals surface area contributed by atoms with E-state index < -0.39 is 15.8 Å². The Bertz CT molecular complexity index is 591. The summed E-state index contributed by atoms with van der Waals surface area (Å²) >= 11 is 0. The van der Waals surface area contributed by atoms with Crippen LogP contribution in [0.1, 0.15) is 47.8 Å². The first-order valence-electron chi connectivity index (χ1n) is 6.27. The summed E-state index contributed by atoms with van der Waals surface area (Å²) in [6.07, 6.45) is 5.63. The average molecular weight is 286 g/mol. The molecule has 1 aliphatic carbocycles. The van der Waals surface area contributed by atoms with Gasteiger partial charge in [0, 0.05) is 12.5 Å². The fourth-order valence-electron chi connectivity index (χ4n) is 2.63. The highest BCUT2D eigenvalue weighted by atomic mass is 32.2. The topological polar surface area (TPSA) is 89.3 Å². The molecular weight excluding hydrogens is 268 g/mol. The van der Waals surface area contributed by atoms with E-state index in [9.17, 15) is 13.2 Å². The summed E-state index contributed by atoms with van der Waals surface area (Å²) < 4.78 is 24.9. The number of hydrogen-bond acceptors (Lipinski definition) is 4. The molecule has 0 aromatic carbocycles. The summed E-state index contributed by atoms with van der Waals surface area (Å²) in [7, 11) is -3.04. The van der Waals surface area contributed by atoms with Crippen LogP contribution in [0.3, 0.4) is 0 Å². The molecule has 0 saturated heterocycles. The second-order valence-corrected chi connectivity index (χ2v) is 7.51. The molecular formula is C12H18N2O4S. The largest absolute Gasteiger partial charge is 0.478 e. The van der Waals surface area contributed by atoms with Crippen LogP contribution in [0.15, 0.2) is 6.20 Å². The first kappa shape index (κ1) is 14.0. The summed E-state index contributed by atoms with van der Waals surface area (Å²) in [5.41, 5.74) is 0.649. The third-order valence-corrected chi connectivity index (χ3v) is 5.36. The molecule has 1 aromatic rings. The molecule has 19 heavy (non-hydrogen) atoms. The zero-order valence-corrected chi connectivity index (χ0v) is 11.9. The van der Waals surface area contributed by atoms with E-state index in [2.05, 4.69) is 5.10 Å². The fourth-order valence-corrected chi connectivity index (χ4v) is 3.79. The second kappa shape index (κ2) is 4.96. The predicted octanol–water partition coefficient (Wildman–Crippen LogP) is 1.42. The van der Waals surface area contributed by atoms with Crippen molar-refractivity contribution in [2.45, 2.75) is 43.9 Å². The summed E-state index contributed by atoms with van der Waals surface area (Å²) in [4.78, 5) is 11.0. The van der Waals surface area contributed by atoms with Crippen LogP contribution in [0.25, 0.3) is 0 Å². The maximum atomic E-state index is 11.6. The smallest absolute Gasteiger partial charge is 0.339 e. The number of nitrogens with zero attached hydrogens (tertiary/aromatic N) is 2. The van der Waals surface area contributed by atoms with Crippen LogP contribution < -0.4 is 0 Å². The molecule has 0 amide bonds. The van der Waals surface area contributed by atoms with Gasteiger partial charge in [-0.2, -0.15) is 5.10 Å². The first-order valence-corrected chi connectivity index (χ1v) is 8.22. The van der Waals surface area contributed by atoms with E-state index in [0.29, 0.717) is 18.5 Å². The molecule has 7 heteroatoms. The molecule has 2 atom stereocenters. The van der Waals surface area contributed by atoms with Crippen LogP contribution in [0.4, 0.5) is 0 Å². The lowest BCUT2D eigenvalue weighted by Gasteiger charge is -2.28. The molecule has 1 heterocycles. The summed E-state index contributed by atoms with van der Waals surface area (Å²) in [5.74, 6) is -1.00. The number of rotatable bonds is 3. The van der Waals surface area contributed by atoms with E-state index in [4.69, 9.17) is 5.11 Å². The van der Waals surface area contributed by atoms with Gasteiger partial charge in [0.2, 0.25) is 0 Å². The van der Waals surface area contributed by atoms with Gasteiger partial charge in [-0.15, -0.1) is 0 Å². The zero-order chi connectivity index (χ0) is 14.2. The average Bonchev–Trinajstić information content (AvgIpc) is 2.70.